The van der Waals surface area contributed by atoms with Gasteiger partial charge >= 0.3 is 6.03 Å². The Morgan fingerprint density at radius 2 is 1.75 bits per heavy atom. The minimum absolute atomic E-state index is 0.0207. The summed E-state index contributed by atoms with van der Waals surface area (Å²) in [6.45, 7) is 3.94. The fourth-order valence-electron chi connectivity index (χ4n) is 4.59. The van der Waals surface area contributed by atoms with Gasteiger partial charge in [-0.25, -0.2) is 9.78 Å². The predicted molar refractivity (Wildman–Crippen MR) is 126 cm³/mol. The lowest BCUT2D eigenvalue weighted by atomic mass is 10.1. The Kier molecular flexibility index (Phi) is 5.79. The van der Waals surface area contributed by atoms with Gasteiger partial charge in [0.1, 0.15) is 0 Å². The van der Waals surface area contributed by atoms with Crippen LogP contribution < -0.4 is 15.8 Å². The van der Waals surface area contributed by atoms with Crippen molar-refractivity contribution in [2.24, 2.45) is 0 Å². The Bertz CT molecular complexity index is 1140. The zero-order valence-electron chi connectivity index (χ0n) is 18.2. The van der Waals surface area contributed by atoms with Crippen molar-refractivity contribution in [2.45, 2.75) is 31.7 Å². The number of hydrogen-bond donors (Lipinski definition) is 1. The van der Waals surface area contributed by atoms with Gasteiger partial charge in [-0.3, -0.25) is 9.36 Å². The number of fused-ring (bicyclic) bond motifs is 1. The molecule has 32 heavy (non-hydrogen) atoms. The lowest BCUT2D eigenvalue weighted by Gasteiger charge is -2.39. The Morgan fingerprint density at radius 3 is 2.53 bits per heavy atom. The van der Waals surface area contributed by atoms with Crippen LogP contribution in [-0.2, 0) is 6.42 Å². The highest BCUT2D eigenvalue weighted by Crippen LogP contribution is 2.21. The average Bonchev–Trinajstić information content (AvgIpc) is 2.81. The lowest BCUT2D eigenvalue weighted by molar-refractivity contribution is 0.123. The monoisotopic (exact) mass is 431 g/mol. The van der Waals surface area contributed by atoms with Gasteiger partial charge in [0.05, 0.1) is 23.3 Å². The van der Waals surface area contributed by atoms with Crippen LogP contribution in [0.1, 0.15) is 30.9 Å². The summed E-state index contributed by atoms with van der Waals surface area (Å²) in [6, 6.07) is 16.0. The molecule has 2 aromatic carbocycles. The number of carbonyl (C=O) groups is 1. The molecule has 3 heterocycles. The molecule has 1 N–H and O–H groups in total. The first kappa shape index (κ1) is 20.5. The zero-order valence-corrected chi connectivity index (χ0v) is 18.2. The van der Waals surface area contributed by atoms with Crippen molar-refractivity contribution in [1.29, 1.82) is 0 Å². The fraction of sp³-hybridized carbons (Fsp3) is 0.400. The van der Waals surface area contributed by atoms with Gasteiger partial charge in [0.15, 0.2) is 0 Å². The molecule has 0 radical (unpaired) electrons. The number of urea groups is 1. The number of nitrogens with zero attached hydrogens (tertiary/aromatic N) is 4. The van der Waals surface area contributed by atoms with E-state index in [1.807, 2.05) is 18.2 Å². The molecule has 2 aliphatic heterocycles. The first-order valence-corrected chi connectivity index (χ1v) is 11.5. The maximum absolute atomic E-state index is 12.7. The predicted octanol–water partition coefficient (Wildman–Crippen LogP) is 3.20. The first-order chi connectivity index (χ1) is 15.7. The van der Waals surface area contributed by atoms with Crippen molar-refractivity contribution in [3.8, 4) is 0 Å². The van der Waals surface area contributed by atoms with E-state index in [2.05, 4.69) is 39.5 Å². The molecule has 1 aromatic heterocycles. The van der Waals surface area contributed by atoms with Crippen molar-refractivity contribution in [3.05, 3.63) is 70.8 Å². The van der Waals surface area contributed by atoms with Gasteiger partial charge in [0.2, 0.25) is 0 Å². The maximum Gasteiger partial charge on any atom is 0.317 e. The molecule has 2 saturated heterocycles. The Hall–Kier alpha value is -3.35. The number of benzene rings is 2. The van der Waals surface area contributed by atoms with Crippen LogP contribution >= 0.6 is 0 Å². The Morgan fingerprint density at radius 1 is 1.00 bits per heavy atom. The molecule has 2 aliphatic rings. The number of likely N-dealkylation sites (tertiary alicyclic amines) is 1. The lowest BCUT2D eigenvalue weighted by Crippen LogP contribution is -2.56. The van der Waals surface area contributed by atoms with Crippen molar-refractivity contribution in [3.63, 3.8) is 0 Å². The van der Waals surface area contributed by atoms with Crippen molar-refractivity contribution < 1.29 is 4.79 Å². The van der Waals surface area contributed by atoms with Crippen LogP contribution in [0.4, 0.5) is 10.5 Å². The van der Waals surface area contributed by atoms with Gasteiger partial charge in [-0.1, -0.05) is 24.3 Å². The van der Waals surface area contributed by atoms with Gasteiger partial charge < -0.3 is 15.1 Å². The Balaban J connectivity index is 1.09. The molecule has 0 saturated carbocycles. The quantitative estimate of drug-likeness (QED) is 0.674. The summed E-state index contributed by atoms with van der Waals surface area (Å²) in [6.07, 6.45) is 6.28. The van der Waals surface area contributed by atoms with Gasteiger partial charge in [-0.15, -0.1) is 0 Å². The molecule has 166 valence electrons. The van der Waals surface area contributed by atoms with Gasteiger partial charge in [-0.2, -0.15) is 0 Å². The van der Waals surface area contributed by atoms with Gasteiger partial charge in [0, 0.05) is 38.4 Å². The number of amides is 2. The van der Waals surface area contributed by atoms with E-state index in [0.717, 1.165) is 19.5 Å². The number of para-hydroxylation sites is 1. The van der Waals surface area contributed by atoms with Crippen LogP contribution in [0.15, 0.2) is 59.7 Å². The number of anilines is 1. The highest BCUT2D eigenvalue weighted by molar-refractivity contribution is 5.77. The van der Waals surface area contributed by atoms with E-state index in [1.165, 1.54) is 30.5 Å². The van der Waals surface area contributed by atoms with E-state index >= 15 is 0 Å². The summed E-state index contributed by atoms with van der Waals surface area (Å²) in [5.74, 6) is 0. The number of aromatic nitrogens is 2. The summed E-state index contributed by atoms with van der Waals surface area (Å²) in [5, 5.41) is 3.62. The number of nitrogens with one attached hydrogen (secondary N) is 1. The van der Waals surface area contributed by atoms with E-state index in [0.29, 0.717) is 30.5 Å². The smallest absolute Gasteiger partial charge is 0.317 e. The highest BCUT2D eigenvalue weighted by Gasteiger charge is 2.32. The number of rotatable bonds is 5. The third kappa shape index (κ3) is 4.20. The molecular formula is C25H29N5O2. The summed E-state index contributed by atoms with van der Waals surface area (Å²) in [7, 11) is 0. The second-order valence-electron chi connectivity index (χ2n) is 8.73. The average molecular weight is 432 g/mol. The molecule has 0 bridgehead atoms. The molecule has 7 heteroatoms. The van der Waals surface area contributed by atoms with E-state index < -0.39 is 0 Å². The largest absolute Gasteiger partial charge is 0.372 e. The summed E-state index contributed by atoms with van der Waals surface area (Å²) in [5.41, 5.74) is 3.17. The van der Waals surface area contributed by atoms with E-state index in [9.17, 15) is 9.59 Å². The second-order valence-corrected chi connectivity index (χ2v) is 8.73. The van der Waals surface area contributed by atoms with Crippen molar-refractivity contribution in [2.75, 3.05) is 37.6 Å². The summed E-state index contributed by atoms with van der Waals surface area (Å²) in [4.78, 5) is 33.7. The zero-order chi connectivity index (χ0) is 21.9. The molecular weight excluding hydrogens is 402 g/mol. The SMILES string of the molecule is O=C(NCCc1ccc(N2CCCCC2)cc1)N1CC(n2cnc3ccccc3c2=O)C1. The van der Waals surface area contributed by atoms with E-state index in [-0.39, 0.29) is 17.6 Å². The van der Waals surface area contributed by atoms with Crippen LogP contribution in [0.3, 0.4) is 0 Å². The van der Waals surface area contributed by atoms with Crippen LogP contribution in [0.5, 0.6) is 0 Å². The number of hydrogen-bond acceptors (Lipinski definition) is 4. The third-order valence-corrected chi connectivity index (χ3v) is 6.58. The van der Waals surface area contributed by atoms with E-state index in [1.54, 1.807) is 21.9 Å². The molecule has 0 spiro atoms. The molecule has 5 rings (SSSR count). The van der Waals surface area contributed by atoms with Crippen LogP contribution in [0.25, 0.3) is 10.9 Å². The van der Waals surface area contributed by atoms with E-state index in [4.69, 9.17) is 0 Å². The summed E-state index contributed by atoms with van der Waals surface area (Å²) < 4.78 is 1.65. The molecule has 0 atom stereocenters. The standard InChI is InChI=1S/C25H29N5O2/c31-24-22-6-2-3-7-23(22)27-18-30(24)21-16-29(17-21)25(32)26-13-12-19-8-10-20(11-9-19)28-14-4-1-5-15-28/h2-3,6-11,18,21H,1,4-5,12-17H2,(H,26,32). The maximum atomic E-state index is 12.7. The number of carbonyl (C=O) groups excluding carboxylic acids is 1. The van der Waals surface area contributed by atoms with Gasteiger partial charge in [0.25, 0.3) is 5.56 Å². The Labute approximate surface area is 187 Å². The molecule has 2 fully saturated rings. The molecule has 3 aromatic rings. The van der Waals surface area contributed by atoms with Crippen LogP contribution in [-0.4, -0.2) is 53.2 Å². The number of piperidine rings is 1. The minimum atomic E-state index is -0.0759. The normalized spacial score (nSPS) is 16.8. The highest BCUT2D eigenvalue weighted by atomic mass is 16.2. The third-order valence-electron chi connectivity index (χ3n) is 6.58. The fourth-order valence-corrected chi connectivity index (χ4v) is 4.59. The van der Waals surface area contributed by atoms with Crippen molar-refractivity contribution >= 4 is 22.6 Å². The minimum Gasteiger partial charge on any atom is -0.372 e. The van der Waals surface area contributed by atoms with Crippen molar-refractivity contribution in [1.82, 2.24) is 19.8 Å². The first-order valence-electron chi connectivity index (χ1n) is 11.5. The second kappa shape index (κ2) is 9.02. The molecule has 0 aliphatic carbocycles. The molecule has 7 nitrogen and oxygen atoms in total. The topological polar surface area (TPSA) is 70.5 Å². The molecule has 0 unspecified atom stereocenters. The summed E-state index contributed by atoms with van der Waals surface area (Å²) >= 11 is 0. The van der Waals surface area contributed by atoms with Gasteiger partial charge in [-0.05, 0) is 55.5 Å². The molecule has 2 amide bonds. The van der Waals surface area contributed by atoms with Crippen LogP contribution in [0.2, 0.25) is 0 Å². The van der Waals surface area contributed by atoms with Crippen LogP contribution in [0, 0.1) is 0 Å².